The Balaban J connectivity index is 1.96. The van der Waals surface area contributed by atoms with Crippen LogP contribution in [0.3, 0.4) is 0 Å². The van der Waals surface area contributed by atoms with Crippen molar-refractivity contribution in [3.8, 4) is 0 Å². The summed E-state index contributed by atoms with van der Waals surface area (Å²) in [6.45, 7) is 3.64. The number of carboxylic acids is 1. The summed E-state index contributed by atoms with van der Waals surface area (Å²) < 4.78 is 0. The maximum absolute atomic E-state index is 12.0. The van der Waals surface area contributed by atoms with Crippen LogP contribution in [0.15, 0.2) is 24.3 Å². The van der Waals surface area contributed by atoms with Gasteiger partial charge in [0, 0.05) is 12.1 Å². The third kappa shape index (κ3) is 3.39. The molecule has 1 aliphatic heterocycles. The van der Waals surface area contributed by atoms with Gasteiger partial charge in [-0.1, -0.05) is 26.0 Å². The van der Waals surface area contributed by atoms with Crippen LogP contribution in [0.2, 0.25) is 0 Å². The Bertz CT molecular complexity index is 578. The number of nitrogens with one attached hydrogen (secondary N) is 1. The van der Waals surface area contributed by atoms with Crippen molar-refractivity contribution in [2.45, 2.75) is 26.7 Å². The predicted octanol–water partition coefficient (Wildman–Crippen LogP) is 1.47. The van der Waals surface area contributed by atoms with Gasteiger partial charge in [-0.3, -0.25) is 19.3 Å². The molecule has 0 bridgehead atoms. The molecule has 0 spiro atoms. The van der Waals surface area contributed by atoms with Crippen molar-refractivity contribution in [1.82, 2.24) is 4.90 Å². The molecule has 0 saturated carbocycles. The molecule has 6 heteroatoms. The Labute approximate surface area is 122 Å². The second kappa shape index (κ2) is 5.55. The molecule has 1 saturated heterocycles. The maximum Gasteiger partial charge on any atom is 0.307 e. The Hall–Kier alpha value is -2.37. The summed E-state index contributed by atoms with van der Waals surface area (Å²) in [7, 11) is 0. The molecule has 0 radical (unpaired) electrons. The van der Waals surface area contributed by atoms with Crippen LogP contribution in [0.5, 0.6) is 0 Å². The largest absolute Gasteiger partial charge is 0.481 e. The lowest BCUT2D eigenvalue weighted by Crippen LogP contribution is -2.36. The number of anilines is 1. The van der Waals surface area contributed by atoms with E-state index in [0.29, 0.717) is 5.56 Å². The zero-order valence-corrected chi connectivity index (χ0v) is 12.0. The Morgan fingerprint density at radius 1 is 1.29 bits per heavy atom. The average molecular weight is 290 g/mol. The molecule has 0 atom stereocenters. The van der Waals surface area contributed by atoms with Gasteiger partial charge in [0.15, 0.2) is 0 Å². The van der Waals surface area contributed by atoms with E-state index in [0.717, 1.165) is 5.69 Å². The van der Waals surface area contributed by atoms with Gasteiger partial charge in [0.2, 0.25) is 11.8 Å². The highest BCUT2D eigenvalue weighted by molar-refractivity contribution is 6.05. The highest BCUT2D eigenvalue weighted by Crippen LogP contribution is 2.31. The zero-order valence-electron chi connectivity index (χ0n) is 12.0. The Kier molecular flexibility index (Phi) is 3.97. The van der Waals surface area contributed by atoms with Crippen molar-refractivity contribution in [3.05, 3.63) is 29.8 Å². The minimum atomic E-state index is -0.883. The molecule has 1 heterocycles. The molecule has 2 amide bonds. The normalized spacial score (nSPS) is 17.1. The third-order valence-corrected chi connectivity index (χ3v) is 3.47. The second-order valence-corrected chi connectivity index (χ2v) is 5.79. The van der Waals surface area contributed by atoms with Gasteiger partial charge in [-0.15, -0.1) is 0 Å². The number of carbonyl (C=O) groups excluding carboxylic acids is 2. The predicted molar refractivity (Wildman–Crippen MR) is 76.5 cm³/mol. The minimum absolute atomic E-state index is 0.0302. The van der Waals surface area contributed by atoms with Crippen molar-refractivity contribution >= 4 is 23.5 Å². The molecule has 112 valence electrons. The van der Waals surface area contributed by atoms with Crippen molar-refractivity contribution in [3.63, 3.8) is 0 Å². The second-order valence-electron chi connectivity index (χ2n) is 5.79. The summed E-state index contributed by atoms with van der Waals surface area (Å²) in [5.74, 6) is -1.24. The van der Waals surface area contributed by atoms with Crippen LogP contribution in [0.25, 0.3) is 0 Å². The van der Waals surface area contributed by atoms with Gasteiger partial charge in [-0.2, -0.15) is 0 Å². The van der Waals surface area contributed by atoms with E-state index < -0.39 is 11.4 Å². The highest BCUT2D eigenvalue weighted by atomic mass is 16.4. The Morgan fingerprint density at radius 3 is 2.38 bits per heavy atom. The number of likely N-dealkylation sites (tertiary alicyclic amines) is 1. The van der Waals surface area contributed by atoms with Crippen LogP contribution < -0.4 is 5.32 Å². The zero-order chi connectivity index (χ0) is 15.6. The summed E-state index contributed by atoms with van der Waals surface area (Å²) in [6, 6.07) is 6.87. The average Bonchev–Trinajstić information content (AvgIpc) is 2.58. The molecule has 2 N–H and O–H groups in total. The summed E-state index contributed by atoms with van der Waals surface area (Å²) in [5.41, 5.74) is 0.793. The fourth-order valence-electron chi connectivity index (χ4n) is 2.27. The first-order chi connectivity index (χ1) is 9.79. The van der Waals surface area contributed by atoms with Crippen LogP contribution in [0.1, 0.15) is 25.8 Å². The van der Waals surface area contributed by atoms with E-state index >= 15 is 0 Å². The number of benzene rings is 1. The van der Waals surface area contributed by atoms with Gasteiger partial charge in [0.05, 0.1) is 18.5 Å². The van der Waals surface area contributed by atoms with Crippen LogP contribution in [0.4, 0.5) is 5.69 Å². The highest BCUT2D eigenvalue weighted by Gasteiger charge is 2.44. The van der Waals surface area contributed by atoms with Gasteiger partial charge in [0.25, 0.3) is 0 Å². The molecular formula is C15H18N2O4. The fourth-order valence-corrected chi connectivity index (χ4v) is 2.27. The lowest BCUT2D eigenvalue weighted by molar-refractivity contribution is -0.140. The number of amides is 2. The molecular weight excluding hydrogens is 272 g/mol. The smallest absolute Gasteiger partial charge is 0.307 e. The summed E-state index contributed by atoms with van der Waals surface area (Å²) in [5, 5.41) is 11.7. The standard InChI is InChI=1S/C15H18N2O4/c1-15(2)8-12(18)17(14(15)21)9-16-11-5-3-10(4-6-11)7-13(19)20/h3-6,16H,7-9H2,1-2H3,(H,19,20). The number of hydrogen-bond donors (Lipinski definition) is 2. The van der Waals surface area contributed by atoms with Crippen molar-refractivity contribution in [1.29, 1.82) is 0 Å². The number of carbonyl (C=O) groups is 3. The topological polar surface area (TPSA) is 86.7 Å². The number of imide groups is 1. The maximum atomic E-state index is 12.0. The van der Waals surface area contributed by atoms with Crippen molar-refractivity contribution in [2.75, 3.05) is 12.0 Å². The summed E-state index contributed by atoms with van der Waals surface area (Å²) in [6.07, 6.45) is 0.197. The first-order valence-corrected chi connectivity index (χ1v) is 6.69. The van der Waals surface area contributed by atoms with E-state index in [2.05, 4.69) is 5.32 Å². The van der Waals surface area contributed by atoms with Crippen LogP contribution >= 0.6 is 0 Å². The first-order valence-electron chi connectivity index (χ1n) is 6.69. The first kappa shape index (κ1) is 15.0. The number of carboxylic acid groups (broad SMARTS) is 1. The molecule has 6 nitrogen and oxygen atoms in total. The number of rotatable bonds is 5. The summed E-state index contributed by atoms with van der Waals surface area (Å²) >= 11 is 0. The lowest BCUT2D eigenvalue weighted by Gasteiger charge is -2.18. The number of aliphatic carboxylic acids is 1. The molecule has 0 aromatic heterocycles. The summed E-state index contributed by atoms with van der Waals surface area (Å²) in [4.78, 5) is 35.6. The van der Waals surface area contributed by atoms with Crippen LogP contribution in [0, 0.1) is 5.41 Å². The van der Waals surface area contributed by atoms with Gasteiger partial charge < -0.3 is 10.4 Å². The molecule has 1 fully saturated rings. The molecule has 2 rings (SSSR count). The Morgan fingerprint density at radius 2 is 1.90 bits per heavy atom. The van der Waals surface area contributed by atoms with Crippen LogP contribution in [-0.2, 0) is 20.8 Å². The molecule has 1 aromatic carbocycles. The molecule has 21 heavy (non-hydrogen) atoms. The lowest BCUT2D eigenvalue weighted by atomic mass is 9.92. The van der Waals surface area contributed by atoms with Gasteiger partial charge in [0.1, 0.15) is 0 Å². The van der Waals surface area contributed by atoms with E-state index in [1.807, 2.05) is 0 Å². The van der Waals surface area contributed by atoms with E-state index in [1.54, 1.807) is 38.1 Å². The van der Waals surface area contributed by atoms with E-state index in [-0.39, 0.29) is 31.3 Å². The number of hydrogen-bond acceptors (Lipinski definition) is 4. The van der Waals surface area contributed by atoms with Crippen molar-refractivity contribution < 1.29 is 19.5 Å². The SMILES string of the molecule is CC1(C)CC(=O)N(CNc2ccc(CC(=O)O)cc2)C1=O. The van der Waals surface area contributed by atoms with Crippen LogP contribution in [-0.4, -0.2) is 34.5 Å². The molecule has 1 aromatic rings. The number of nitrogens with zero attached hydrogens (tertiary/aromatic N) is 1. The van der Waals surface area contributed by atoms with Gasteiger partial charge >= 0.3 is 5.97 Å². The van der Waals surface area contributed by atoms with Gasteiger partial charge in [-0.25, -0.2) is 0 Å². The van der Waals surface area contributed by atoms with E-state index in [9.17, 15) is 14.4 Å². The monoisotopic (exact) mass is 290 g/mol. The van der Waals surface area contributed by atoms with E-state index in [4.69, 9.17) is 5.11 Å². The van der Waals surface area contributed by atoms with E-state index in [1.165, 1.54) is 4.90 Å². The third-order valence-electron chi connectivity index (χ3n) is 3.47. The molecule has 0 unspecified atom stereocenters. The van der Waals surface area contributed by atoms with Crippen molar-refractivity contribution in [2.24, 2.45) is 5.41 Å². The molecule has 1 aliphatic rings. The molecule has 0 aliphatic carbocycles. The minimum Gasteiger partial charge on any atom is -0.481 e. The fraction of sp³-hybridized carbons (Fsp3) is 0.400. The van der Waals surface area contributed by atoms with Gasteiger partial charge in [-0.05, 0) is 17.7 Å². The quantitative estimate of drug-likeness (QED) is 0.802.